The van der Waals surface area contributed by atoms with Crippen molar-refractivity contribution >= 4 is 12.4 Å². The second kappa shape index (κ2) is 7.33. The molecule has 20 heavy (non-hydrogen) atoms. The Kier molecular flexibility index (Phi) is 5.47. The molecule has 1 aliphatic rings. The summed E-state index contributed by atoms with van der Waals surface area (Å²) in [5.41, 5.74) is 2.35. The number of hydrogen-bond donors (Lipinski definition) is 1. The highest BCUT2D eigenvalue weighted by Crippen LogP contribution is 2.17. The maximum absolute atomic E-state index is 5.48. The molecule has 1 atom stereocenters. The van der Waals surface area contributed by atoms with Crippen molar-refractivity contribution in [1.29, 1.82) is 0 Å². The molecule has 1 aromatic heterocycles. The van der Waals surface area contributed by atoms with Crippen LogP contribution in [0.3, 0.4) is 0 Å². The van der Waals surface area contributed by atoms with Crippen LogP contribution in [-0.2, 0) is 11.2 Å². The second-order valence-electron chi connectivity index (χ2n) is 4.70. The van der Waals surface area contributed by atoms with Crippen molar-refractivity contribution in [2.75, 3.05) is 19.8 Å². The first kappa shape index (κ1) is 14.9. The largest absolute Gasteiger partial charge is 0.379 e. The SMILES string of the molecule is Cl.c1cnc(-c2cccc(C[C@@H]3COCCN3)c2)nc1. The Morgan fingerprint density at radius 1 is 1.20 bits per heavy atom. The van der Waals surface area contributed by atoms with Crippen LogP contribution in [0.1, 0.15) is 5.56 Å². The zero-order chi connectivity index (χ0) is 12.9. The lowest BCUT2D eigenvalue weighted by Crippen LogP contribution is -2.42. The van der Waals surface area contributed by atoms with E-state index in [2.05, 4.69) is 33.5 Å². The first-order valence-electron chi connectivity index (χ1n) is 6.59. The van der Waals surface area contributed by atoms with E-state index >= 15 is 0 Å². The molecule has 0 radical (unpaired) electrons. The molecule has 1 N–H and O–H groups in total. The fourth-order valence-electron chi connectivity index (χ4n) is 2.32. The molecule has 0 unspecified atom stereocenters. The molecule has 5 heteroatoms. The van der Waals surface area contributed by atoms with Gasteiger partial charge in [-0.25, -0.2) is 9.97 Å². The van der Waals surface area contributed by atoms with E-state index < -0.39 is 0 Å². The minimum atomic E-state index is 0. The Balaban J connectivity index is 0.00000147. The molecule has 0 aliphatic carbocycles. The van der Waals surface area contributed by atoms with Gasteiger partial charge in [-0.3, -0.25) is 0 Å². The van der Waals surface area contributed by atoms with Gasteiger partial charge in [0.15, 0.2) is 5.82 Å². The summed E-state index contributed by atoms with van der Waals surface area (Å²) in [6, 6.07) is 10.6. The Labute approximate surface area is 125 Å². The standard InChI is InChI=1S/C15H17N3O.ClH/c1-3-12(10-14-11-19-8-7-16-14)9-13(4-1)15-17-5-2-6-18-15;/h1-6,9,14,16H,7-8,10-11H2;1H/t14-;/m1./s1. The molecule has 1 saturated heterocycles. The highest BCUT2D eigenvalue weighted by Gasteiger charge is 2.13. The van der Waals surface area contributed by atoms with Crippen molar-refractivity contribution in [2.24, 2.45) is 0 Å². The van der Waals surface area contributed by atoms with E-state index in [-0.39, 0.29) is 12.4 Å². The fraction of sp³-hybridized carbons (Fsp3) is 0.333. The van der Waals surface area contributed by atoms with Crippen LogP contribution in [0.25, 0.3) is 11.4 Å². The predicted molar refractivity (Wildman–Crippen MR) is 81.0 cm³/mol. The second-order valence-corrected chi connectivity index (χ2v) is 4.70. The van der Waals surface area contributed by atoms with E-state index in [0.29, 0.717) is 6.04 Å². The van der Waals surface area contributed by atoms with Crippen LogP contribution in [0.4, 0.5) is 0 Å². The van der Waals surface area contributed by atoms with E-state index in [1.54, 1.807) is 12.4 Å². The molecule has 0 saturated carbocycles. The molecule has 2 aromatic rings. The summed E-state index contributed by atoms with van der Waals surface area (Å²) >= 11 is 0. The molecule has 1 aromatic carbocycles. The van der Waals surface area contributed by atoms with Crippen LogP contribution in [0.5, 0.6) is 0 Å². The Morgan fingerprint density at radius 3 is 2.80 bits per heavy atom. The summed E-state index contributed by atoms with van der Waals surface area (Å²) < 4.78 is 5.48. The van der Waals surface area contributed by atoms with Crippen LogP contribution < -0.4 is 5.32 Å². The molecular weight excluding hydrogens is 274 g/mol. The van der Waals surface area contributed by atoms with Crippen LogP contribution in [0.2, 0.25) is 0 Å². The molecule has 3 rings (SSSR count). The smallest absolute Gasteiger partial charge is 0.159 e. The van der Waals surface area contributed by atoms with E-state index in [4.69, 9.17) is 4.74 Å². The summed E-state index contributed by atoms with van der Waals surface area (Å²) in [5.74, 6) is 0.775. The molecule has 106 valence electrons. The van der Waals surface area contributed by atoms with Gasteiger partial charge in [-0.2, -0.15) is 0 Å². The van der Waals surface area contributed by atoms with Crippen LogP contribution in [0, 0.1) is 0 Å². The Bertz CT molecular complexity index is 530. The number of ether oxygens (including phenoxy) is 1. The zero-order valence-electron chi connectivity index (χ0n) is 11.2. The third-order valence-electron chi connectivity index (χ3n) is 3.23. The molecule has 0 spiro atoms. The van der Waals surface area contributed by atoms with Crippen LogP contribution in [-0.4, -0.2) is 35.8 Å². The maximum Gasteiger partial charge on any atom is 0.159 e. The van der Waals surface area contributed by atoms with Crippen molar-refractivity contribution < 1.29 is 4.74 Å². The summed E-state index contributed by atoms with van der Waals surface area (Å²) in [5, 5.41) is 3.47. The van der Waals surface area contributed by atoms with Gasteiger partial charge >= 0.3 is 0 Å². The highest BCUT2D eigenvalue weighted by atomic mass is 35.5. The summed E-state index contributed by atoms with van der Waals surface area (Å²) in [7, 11) is 0. The first-order chi connectivity index (χ1) is 9.42. The molecule has 1 aliphatic heterocycles. The number of hydrogen-bond acceptors (Lipinski definition) is 4. The number of halogens is 1. The minimum Gasteiger partial charge on any atom is -0.379 e. The number of nitrogens with one attached hydrogen (secondary N) is 1. The summed E-state index contributed by atoms with van der Waals surface area (Å²) in [6.07, 6.45) is 4.51. The van der Waals surface area contributed by atoms with Crippen molar-refractivity contribution in [3.05, 3.63) is 48.3 Å². The normalized spacial score (nSPS) is 18.3. The Hall–Kier alpha value is -1.49. The monoisotopic (exact) mass is 291 g/mol. The van der Waals surface area contributed by atoms with Crippen molar-refractivity contribution in [2.45, 2.75) is 12.5 Å². The van der Waals surface area contributed by atoms with Crippen LogP contribution >= 0.6 is 12.4 Å². The van der Waals surface area contributed by atoms with Gasteiger partial charge in [0.25, 0.3) is 0 Å². The summed E-state index contributed by atoms with van der Waals surface area (Å²) in [6.45, 7) is 2.53. The predicted octanol–water partition coefficient (Wildman–Crippen LogP) is 2.10. The van der Waals surface area contributed by atoms with Gasteiger partial charge in [0.1, 0.15) is 0 Å². The van der Waals surface area contributed by atoms with Crippen molar-refractivity contribution in [1.82, 2.24) is 15.3 Å². The van der Waals surface area contributed by atoms with Gasteiger partial charge in [-0.15, -0.1) is 12.4 Å². The quantitative estimate of drug-likeness (QED) is 0.941. The lowest BCUT2D eigenvalue weighted by atomic mass is 10.0. The zero-order valence-corrected chi connectivity index (χ0v) is 12.0. The number of morpholine rings is 1. The lowest BCUT2D eigenvalue weighted by molar-refractivity contribution is 0.0770. The van der Waals surface area contributed by atoms with Gasteiger partial charge in [-0.1, -0.05) is 18.2 Å². The highest BCUT2D eigenvalue weighted by molar-refractivity contribution is 5.85. The van der Waals surface area contributed by atoms with E-state index in [1.807, 2.05) is 12.1 Å². The molecule has 4 nitrogen and oxygen atoms in total. The Morgan fingerprint density at radius 2 is 2.05 bits per heavy atom. The van der Waals surface area contributed by atoms with Gasteiger partial charge in [-0.05, 0) is 24.1 Å². The molecule has 0 amide bonds. The number of benzene rings is 1. The summed E-state index contributed by atoms with van der Waals surface area (Å²) in [4.78, 5) is 8.57. The minimum absolute atomic E-state index is 0. The maximum atomic E-state index is 5.48. The molecule has 0 bridgehead atoms. The molecule has 1 fully saturated rings. The molecule has 2 heterocycles. The number of aromatic nitrogens is 2. The third-order valence-corrected chi connectivity index (χ3v) is 3.23. The lowest BCUT2D eigenvalue weighted by Gasteiger charge is -2.23. The van der Waals surface area contributed by atoms with Crippen LogP contribution in [0.15, 0.2) is 42.7 Å². The third kappa shape index (κ3) is 3.76. The van der Waals surface area contributed by atoms with Gasteiger partial charge in [0.05, 0.1) is 13.2 Å². The average molecular weight is 292 g/mol. The van der Waals surface area contributed by atoms with Gasteiger partial charge in [0, 0.05) is 30.5 Å². The topological polar surface area (TPSA) is 47.0 Å². The number of nitrogens with zero attached hydrogens (tertiary/aromatic N) is 2. The van der Waals surface area contributed by atoms with E-state index in [0.717, 1.165) is 37.6 Å². The van der Waals surface area contributed by atoms with E-state index in [9.17, 15) is 0 Å². The average Bonchev–Trinajstić information content (AvgIpc) is 2.49. The van der Waals surface area contributed by atoms with E-state index in [1.165, 1.54) is 5.56 Å². The van der Waals surface area contributed by atoms with Gasteiger partial charge in [0.2, 0.25) is 0 Å². The number of rotatable bonds is 3. The van der Waals surface area contributed by atoms with Gasteiger partial charge < -0.3 is 10.1 Å². The molecular formula is C15H18ClN3O. The van der Waals surface area contributed by atoms with Crippen molar-refractivity contribution in [3.8, 4) is 11.4 Å². The first-order valence-corrected chi connectivity index (χ1v) is 6.59. The fourth-order valence-corrected chi connectivity index (χ4v) is 2.32. The van der Waals surface area contributed by atoms with Crippen molar-refractivity contribution in [3.63, 3.8) is 0 Å².